The second-order valence-corrected chi connectivity index (χ2v) is 6.89. The molecule has 1 aliphatic heterocycles. The van der Waals surface area contributed by atoms with E-state index in [1.165, 1.54) is 6.20 Å². The van der Waals surface area contributed by atoms with Crippen LogP contribution in [0.3, 0.4) is 0 Å². The highest BCUT2D eigenvalue weighted by Crippen LogP contribution is 2.22. The first-order valence-electron chi connectivity index (χ1n) is 9.04. The number of carbonyl (C=O) groups excluding carboxylic acids is 2. The van der Waals surface area contributed by atoms with Crippen molar-refractivity contribution in [2.24, 2.45) is 11.7 Å². The predicted molar refractivity (Wildman–Crippen MR) is 99.4 cm³/mol. The molecule has 0 saturated heterocycles. The number of nitrogens with one attached hydrogen (secondary N) is 1. The molecule has 1 aromatic carbocycles. The molecule has 9 nitrogen and oxygen atoms in total. The number of nitrogens with two attached hydrogens (primary N) is 1. The fourth-order valence-electron chi connectivity index (χ4n) is 3.40. The van der Waals surface area contributed by atoms with Gasteiger partial charge in [-0.05, 0) is 49.9 Å². The monoisotopic (exact) mass is 380 g/mol. The van der Waals surface area contributed by atoms with Crippen LogP contribution in [0.5, 0.6) is 0 Å². The number of aromatic nitrogens is 4. The van der Waals surface area contributed by atoms with Gasteiger partial charge in [-0.15, -0.1) is 0 Å². The molecule has 2 aromatic heterocycles. The summed E-state index contributed by atoms with van der Waals surface area (Å²) >= 11 is 0. The zero-order valence-corrected chi connectivity index (χ0v) is 15.4. The third-order valence-corrected chi connectivity index (χ3v) is 4.92. The Bertz CT molecular complexity index is 1020. The quantitative estimate of drug-likeness (QED) is 0.687. The molecule has 1 atom stereocenters. The maximum absolute atomic E-state index is 12.5. The lowest BCUT2D eigenvalue weighted by atomic mass is 9.94. The van der Waals surface area contributed by atoms with Gasteiger partial charge in [-0.3, -0.25) is 14.3 Å². The summed E-state index contributed by atoms with van der Waals surface area (Å²) in [6.07, 6.45) is 3.06. The lowest BCUT2D eigenvalue weighted by Gasteiger charge is -2.24. The molecule has 2 amide bonds. The van der Waals surface area contributed by atoms with Crippen LogP contribution in [0.1, 0.15) is 38.7 Å². The Labute approximate surface area is 160 Å². The number of aryl methyl sites for hydroxylation is 2. The number of hydrogen-bond donors (Lipinski definition) is 2. The molecular formula is C19H20N6O3. The second-order valence-electron chi connectivity index (χ2n) is 6.89. The molecule has 1 aliphatic rings. The van der Waals surface area contributed by atoms with Gasteiger partial charge in [-0.1, -0.05) is 5.16 Å². The van der Waals surface area contributed by atoms with Gasteiger partial charge in [0.2, 0.25) is 0 Å². The average molecular weight is 380 g/mol. The van der Waals surface area contributed by atoms with Crippen LogP contribution in [-0.4, -0.2) is 38.3 Å². The maximum Gasteiger partial charge on any atom is 0.257 e. The second kappa shape index (κ2) is 7.26. The summed E-state index contributed by atoms with van der Waals surface area (Å²) in [5, 5.41) is 10.9. The van der Waals surface area contributed by atoms with Gasteiger partial charge in [-0.2, -0.15) is 10.1 Å². The molecular weight excluding hydrogens is 360 g/mol. The van der Waals surface area contributed by atoms with E-state index in [1.807, 2.05) is 4.68 Å². The molecule has 3 heterocycles. The first-order valence-corrected chi connectivity index (χ1v) is 9.04. The van der Waals surface area contributed by atoms with E-state index in [9.17, 15) is 9.59 Å². The molecule has 0 spiro atoms. The number of primary amides is 1. The predicted octanol–water partition coefficient (Wildman–Crippen LogP) is 1.33. The van der Waals surface area contributed by atoms with E-state index in [4.69, 9.17) is 10.3 Å². The normalized spacial score (nSPS) is 15.8. The molecule has 0 radical (unpaired) electrons. The number of amides is 2. The van der Waals surface area contributed by atoms with Crippen LogP contribution in [0.2, 0.25) is 0 Å². The highest BCUT2D eigenvalue weighted by Gasteiger charge is 2.24. The summed E-state index contributed by atoms with van der Waals surface area (Å²) in [6.45, 7) is 2.98. The average Bonchev–Trinajstić information content (AvgIpc) is 3.32. The molecule has 3 N–H and O–H groups in total. The number of carbonyl (C=O) groups is 2. The molecule has 144 valence electrons. The zero-order valence-electron chi connectivity index (χ0n) is 15.4. The summed E-state index contributed by atoms with van der Waals surface area (Å²) in [7, 11) is 0. The van der Waals surface area contributed by atoms with Gasteiger partial charge in [0.05, 0.1) is 17.5 Å². The van der Waals surface area contributed by atoms with Crippen LogP contribution < -0.4 is 11.1 Å². The van der Waals surface area contributed by atoms with Gasteiger partial charge in [0.1, 0.15) is 0 Å². The minimum atomic E-state index is -0.470. The van der Waals surface area contributed by atoms with Gasteiger partial charge in [0, 0.05) is 24.2 Å². The number of nitrogens with zero attached hydrogens (tertiary/aromatic N) is 4. The molecule has 9 heteroatoms. The SMILES string of the molecule is Cc1noc(-c2ccc(C(=O)NCC3CCn4ncc(C(N)=O)c4C3)cc2)n1. The summed E-state index contributed by atoms with van der Waals surface area (Å²) in [6, 6.07) is 7.01. The summed E-state index contributed by atoms with van der Waals surface area (Å²) in [4.78, 5) is 28.1. The number of fused-ring (bicyclic) bond motifs is 1. The molecule has 28 heavy (non-hydrogen) atoms. The minimum Gasteiger partial charge on any atom is -0.365 e. The summed E-state index contributed by atoms with van der Waals surface area (Å²) in [5.41, 5.74) is 8.03. The van der Waals surface area contributed by atoms with Crippen molar-refractivity contribution in [3.05, 3.63) is 53.1 Å². The Morgan fingerprint density at radius 3 is 2.79 bits per heavy atom. The van der Waals surface area contributed by atoms with E-state index in [0.717, 1.165) is 17.7 Å². The fourth-order valence-corrected chi connectivity index (χ4v) is 3.40. The molecule has 3 aromatic rings. The number of hydrogen-bond acceptors (Lipinski definition) is 6. The standard InChI is InChI=1S/C19H20N6O3/c1-11-23-19(28-24-11)14-4-2-13(3-5-14)18(27)21-9-12-6-7-25-16(8-12)15(10-22-25)17(20)26/h2-5,10,12H,6-9H2,1H3,(H2,20,26)(H,21,27). The van der Waals surface area contributed by atoms with Crippen molar-refractivity contribution in [3.8, 4) is 11.5 Å². The first kappa shape index (κ1) is 17.9. The van der Waals surface area contributed by atoms with Gasteiger partial charge < -0.3 is 15.6 Å². The molecule has 1 unspecified atom stereocenters. The topological polar surface area (TPSA) is 129 Å². The zero-order chi connectivity index (χ0) is 19.7. The van der Waals surface area contributed by atoms with Crippen molar-refractivity contribution in [1.82, 2.24) is 25.2 Å². The van der Waals surface area contributed by atoms with Crippen LogP contribution >= 0.6 is 0 Å². The molecule has 0 bridgehead atoms. The van der Waals surface area contributed by atoms with Crippen LogP contribution in [-0.2, 0) is 13.0 Å². The van der Waals surface area contributed by atoms with Crippen molar-refractivity contribution in [3.63, 3.8) is 0 Å². The van der Waals surface area contributed by atoms with E-state index in [1.54, 1.807) is 31.2 Å². The fraction of sp³-hybridized carbons (Fsp3) is 0.316. The highest BCUT2D eigenvalue weighted by atomic mass is 16.5. The molecule has 0 fully saturated rings. The Hall–Kier alpha value is -3.49. The Balaban J connectivity index is 1.37. The summed E-state index contributed by atoms with van der Waals surface area (Å²) < 4.78 is 6.94. The largest absolute Gasteiger partial charge is 0.365 e. The van der Waals surface area contributed by atoms with Gasteiger partial charge >= 0.3 is 0 Å². The van der Waals surface area contributed by atoms with E-state index in [-0.39, 0.29) is 11.8 Å². The lowest BCUT2D eigenvalue weighted by Crippen LogP contribution is -2.33. The number of benzene rings is 1. The lowest BCUT2D eigenvalue weighted by molar-refractivity contribution is 0.0941. The molecule has 0 saturated carbocycles. The van der Waals surface area contributed by atoms with E-state index in [2.05, 4.69) is 20.6 Å². The van der Waals surface area contributed by atoms with Crippen molar-refractivity contribution in [2.45, 2.75) is 26.3 Å². The Morgan fingerprint density at radius 1 is 1.32 bits per heavy atom. The van der Waals surface area contributed by atoms with Gasteiger partial charge in [-0.25, -0.2) is 0 Å². The maximum atomic E-state index is 12.5. The molecule has 0 aliphatic carbocycles. The smallest absolute Gasteiger partial charge is 0.257 e. The van der Waals surface area contributed by atoms with Gasteiger partial charge in [0.25, 0.3) is 17.7 Å². The highest BCUT2D eigenvalue weighted by molar-refractivity contribution is 5.94. The van der Waals surface area contributed by atoms with Crippen molar-refractivity contribution < 1.29 is 14.1 Å². The van der Waals surface area contributed by atoms with Crippen molar-refractivity contribution in [2.75, 3.05) is 6.54 Å². The van der Waals surface area contributed by atoms with Crippen LogP contribution in [0.15, 0.2) is 35.0 Å². The van der Waals surface area contributed by atoms with Crippen molar-refractivity contribution >= 4 is 11.8 Å². The summed E-state index contributed by atoms with van der Waals surface area (Å²) in [5.74, 6) is 0.593. The van der Waals surface area contributed by atoms with Crippen LogP contribution in [0.4, 0.5) is 0 Å². The van der Waals surface area contributed by atoms with Crippen molar-refractivity contribution in [1.29, 1.82) is 0 Å². The first-order chi connectivity index (χ1) is 13.5. The van der Waals surface area contributed by atoms with E-state index in [0.29, 0.717) is 42.4 Å². The minimum absolute atomic E-state index is 0.150. The van der Waals surface area contributed by atoms with E-state index < -0.39 is 5.91 Å². The third kappa shape index (κ3) is 3.51. The van der Waals surface area contributed by atoms with Crippen LogP contribution in [0, 0.1) is 12.8 Å². The third-order valence-electron chi connectivity index (χ3n) is 4.92. The molecule has 4 rings (SSSR count). The van der Waals surface area contributed by atoms with Crippen LogP contribution in [0.25, 0.3) is 11.5 Å². The number of rotatable bonds is 5. The van der Waals surface area contributed by atoms with Gasteiger partial charge in [0.15, 0.2) is 5.82 Å². The Kier molecular flexibility index (Phi) is 4.64. The van der Waals surface area contributed by atoms with E-state index >= 15 is 0 Å². The Morgan fingerprint density at radius 2 is 2.11 bits per heavy atom.